The lowest BCUT2D eigenvalue weighted by molar-refractivity contribution is 0.308. The lowest BCUT2D eigenvalue weighted by atomic mass is 9.76. The molecule has 0 radical (unpaired) electrons. The maximum absolute atomic E-state index is 14.3. The molecule has 0 aromatic heterocycles. The summed E-state index contributed by atoms with van der Waals surface area (Å²) in [5, 5.41) is 8.80. The van der Waals surface area contributed by atoms with Crippen LogP contribution in [0, 0.1) is 34.7 Å². The van der Waals surface area contributed by atoms with Gasteiger partial charge in [-0.15, -0.1) is 6.58 Å². The number of aryl methyl sites for hydroxylation is 2. The number of allylic oxidation sites excluding steroid dienone is 1. The molecule has 1 fully saturated rings. The molecule has 1 saturated carbocycles. The number of nitriles is 1. The molecular weight excluding hydrogens is 371 g/mol. The van der Waals surface area contributed by atoms with Gasteiger partial charge >= 0.3 is 0 Å². The zero-order valence-electron chi connectivity index (χ0n) is 16.6. The molecule has 152 valence electrons. The van der Waals surface area contributed by atoms with E-state index in [2.05, 4.69) is 6.58 Å². The largest absolute Gasteiger partial charge is 0.207 e. The summed E-state index contributed by atoms with van der Waals surface area (Å²) in [6.45, 7) is 3.69. The topological polar surface area (TPSA) is 23.8 Å². The van der Waals surface area contributed by atoms with Crippen LogP contribution in [-0.2, 0) is 12.8 Å². The monoisotopic (exact) mass is 397 g/mol. The molecule has 0 N–H and O–H groups in total. The Hall–Kier alpha value is -2.54. The van der Waals surface area contributed by atoms with Gasteiger partial charge in [-0.3, -0.25) is 0 Å². The van der Waals surface area contributed by atoms with Crippen molar-refractivity contribution in [3.05, 3.63) is 82.7 Å². The van der Waals surface area contributed by atoms with Crippen molar-refractivity contribution in [2.24, 2.45) is 5.92 Å². The second-order valence-corrected chi connectivity index (χ2v) is 7.98. The van der Waals surface area contributed by atoms with E-state index in [-0.39, 0.29) is 11.7 Å². The summed E-state index contributed by atoms with van der Waals surface area (Å²) in [7, 11) is 0. The molecule has 0 aliphatic heterocycles. The van der Waals surface area contributed by atoms with Crippen molar-refractivity contribution in [3.8, 4) is 6.07 Å². The van der Waals surface area contributed by atoms with Gasteiger partial charge in [0.1, 0.15) is 29.1 Å². The Labute approximate surface area is 170 Å². The molecule has 2 aromatic rings. The summed E-state index contributed by atoms with van der Waals surface area (Å²) in [6, 6.07) is 9.68. The highest BCUT2D eigenvalue weighted by molar-refractivity contribution is 5.36. The lowest BCUT2D eigenvalue weighted by Gasteiger charge is -2.29. The van der Waals surface area contributed by atoms with Gasteiger partial charge in [0.25, 0.3) is 0 Å². The molecule has 4 heteroatoms. The van der Waals surface area contributed by atoms with E-state index >= 15 is 0 Å². The van der Waals surface area contributed by atoms with E-state index in [0.717, 1.165) is 56.1 Å². The molecule has 1 nitrogen and oxygen atoms in total. The number of hydrogen-bond donors (Lipinski definition) is 0. The lowest BCUT2D eigenvalue weighted by Crippen LogP contribution is -2.15. The third-order valence-corrected chi connectivity index (χ3v) is 6.07. The van der Waals surface area contributed by atoms with E-state index in [1.165, 1.54) is 12.1 Å². The number of halogens is 3. The van der Waals surface area contributed by atoms with Gasteiger partial charge in [0.05, 0.1) is 0 Å². The van der Waals surface area contributed by atoms with Crippen LogP contribution in [0.1, 0.15) is 66.7 Å². The van der Waals surface area contributed by atoms with Crippen LogP contribution in [0.2, 0.25) is 0 Å². The van der Waals surface area contributed by atoms with E-state index in [1.54, 1.807) is 12.1 Å². The van der Waals surface area contributed by atoms with Gasteiger partial charge in [-0.1, -0.05) is 18.2 Å². The number of hydrogen-bond acceptors (Lipinski definition) is 1. The highest BCUT2D eigenvalue weighted by Gasteiger charge is 2.24. The van der Waals surface area contributed by atoms with Crippen molar-refractivity contribution < 1.29 is 13.2 Å². The van der Waals surface area contributed by atoms with Crippen molar-refractivity contribution in [1.82, 2.24) is 0 Å². The average molecular weight is 397 g/mol. The van der Waals surface area contributed by atoms with E-state index in [1.807, 2.05) is 18.2 Å². The minimum absolute atomic E-state index is 0.115. The van der Waals surface area contributed by atoms with Crippen molar-refractivity contribution in [3.63, 3.8) is 0 Å². The van der Waals surface area contributed by atoms with E-state index < -0.39 is 17.2 Å². The molecule has 0 bridgehead atoms. The zero-order valence-corrected chi connectivity index (χ0v) is 16.6. The summed E-state index contributed by atoms with van der Waals surface area (Å²) in [5.41, 5.74) is 1.87. The predicted molar refractivity (Wildman–Crippen MR) is 109 cm³/mol. The van der Waals surface area contributed by atoms with Crippen LogP contribution >= 0.6 is 0 Å². The molecule has 1 aliphatic rings. The van der Waals surface area contributed by atoms with Crippen molar-refractivity contribution >= 4 is 0 Å². The van der Waals surface area contributed by atoms with Gasteiger partial charge in [-0.25, -0.2) is 13.2 Å². The van der Waals surface area contributed by atoms with Crippen molar-refractivity contribution in [2.45, 2.75) is 57.3 Å². The van der Waals surface area contributed by atoms with Crippen LogP contribution in [-0.4, -0.2) is 0 Å². The van der Waals surface area contributed by atoms with Gasteiger partial charge in [-0.05, 0) is 98.1 Å². The summed E-state index contributed by atoms with van der Waals surface area (Å²) in [6.07, 6.45) is 8.77. The fourth-order valence-corrected chi connectivity index (χ4v) is 4.30. The molecule has 0 unspecified atom stereocenters. The number of benzene rings is 2. The van der Waals surface area contributed by atoms with Crippen LogP contribution in [0.25, 0.3) is 0 Å². The molecule has 29 heavy (non-hydrogen) atoms. The minimum Gasteiger partial charge on any atom is -0.207 e. The molecule has 2 aromatic carbocycles. The molecule has 1 aliphatic carbocycles. The second-order valence-electron chi connectivity index (χ2n) is 7.98. The molecule has 3 rings (SSSR count). The van der Waals surface area contributed by atoms with Gasteiger partial charge in [-0.2, -0.15) is 5.26 Å². The van der Waals surface area contributed by atoms with E-state index in [9.17, 15) is 13.2 Å². The van der Waals surface area contributed by atoms with Gasteiger partial charge < -0.3 is 0 Å². The van der Waals surface area contributed by atoms with E-state index in [0.29, 0.717) is 17.9 Å². The maximum Gasteiger partial charge on any atom is 0.144 e. The van der Waals surface area contributed by atoms with Crippen molar-refractivity contribution in [1.29, 1.82) is 5.26 Å². The Balaban J connectivity index is 1.53. The molecule has 0 atom stereocenters. The Bertz CT molecular complexity index is 882. The summed E-state index contributed by atoms with van der Waals surface area (Å²) >= 11 is 0. The minimum atomic E-state index is -0.781. The van der Waals surface area contributed by atoms with Gasteiger partial charge in [0, 0.05) is 0 Å². The average Bonchev–Trinajstić information content (AvgIpc) is 2.71. The number of rotatable bonds is 7. The van der Waals surface area contributed by atoms with Crippen LogP contribution in [0.4, 0.5) is 13.2 Å². The van der Waals surface area contributed by atoms with E-state index in [4.69, 9.17) is 5.26 Å². The summed E-state index contributed by atoms with van der Waals surface area (Å²) in [4.78, 5) is 0. The zero-order chi connectivity index (χ0) is 20.8. The summed E-state index contributed by atoms with van der Waals surface area (Å²) < 4.78 is 42.1. The first-order valence-electron chi connectivity index (χ1n) is 10.3. The fourth-order valence-electron chi connectivity index (χ4n) is 4.30. The fraction of sp³-hybridized carbons (Fsp3) is 0.400. The highest BCUT2D eigenvalue weighted by atomic mass is 19.1. The van der Waals surface area contributed by atoms with Crippen LogP contribution in [0.3, 0.4) is 0 Å². The Morgan fingerprint density at radius 2 is 1.66 bits per heavy atom. The third kappa shape index (κ3) is 5.29. The Kier molecular flexibility index (Phi) is 7.14. The Morgan fingerprint density at radius 1 is 0.966 bits per heavy atom. The second kappa shape index (κ2) is 9.78. The Morgan fingerprint density at radius 3 is 2.24 bits per heavy atom. The van der Waals surface area contributed by atoms with Gasteiger partial charge in [0.2, 0.25) is 0 Å². The molecule has 0 amide bonds. The molecule has 0 saturated heterocycles. The first-order valence-corrected chi connectivity index (χ1v) is 10.3. The SMILES string of the molecule is C=CCCc1ccc(CCC2CCC(c3cc(F)c(C#N)c(F)c3)CC2)c(F)c1. The molecule has 0 spiro atoms. The standard InChI is InChI=1S/C25H26F3N/c1-2-3-4-18-8-12-20(23(26)13-18)11-7-17-5-9-19(10-6-17)21-14-24(27)22(16-29)25(28)15-21/h2,8,12-15,17,19H,1,3-7,9-11H2. The van der Waals surface area contributed by atoms with Crippen molar-refractivity contribution in [2.75, 3.05) is 0 Å². The normalized spacial score (nSPS) is 19.0. The van der Waals surface area contributed by atoms with Gasteiger partial charge in [0.15, 0.2) is 0 Å². The molecule has 0 heterocycles. The number of nitrogens with zero attached hydrogens (tertiary/aromatic N) is 1. The first kappa shape index (κ1) is 21.2. The predicted octanol–water partition coefficient (Wildman–Crippen LogP) is 7.00. The third-order valence-electron chi connectivity index (χ3n) is 6.07. The smallest absolute Gasteiger partial charge is 0.144 e. The van der Waals surface area contributed by atoms with Crippen LogP contribution in [0.15, 0.2) is 43.0 Å². The van der Waals surface area contributed by atoms with Crippen LogP contribution in [0.5, 0.6) is 0 Å². The molecular formula is C25H26F3N. The first-order chi connectivity index (χ1) is 14.0. The summed E-state index contributed by atoms with van der Waals surface area (Å²) in [5.74, 6) is -1.08. The maximum atomic E-state index is 14.3. The van der Waals surface area contributed by atoms with Crippen LogP contribution < -0.4 is 0 Å². The quantitative estimate of drug-likeness (QED) is 0.461. The highest BCUT2D eigenvalue weighted by Crippen LogP contribution is 2.38.